The van der Waals surface area contributed by atoms with Gasteiger partial charge in [-0.1, -0.05) is 48.5 Å². The minimum Gasteiger partial charge on any atom is -0.496 e. The number of nitrogens with zero attached hydrogens (tertiary/aromatic N) is 1. The Morgan fingerprint density at radius 2 is 1.83 bits per heavy atom. The summed E-state index contributed by atoms with van der Waals surface area (Å²) in [6, 6.07) is 18.6. The molecule has 0 heterocycles. The Morgan fingerprint density at radius 1 is 1.17 bits per heavy atom. The molecule has 1 atom stereocenters. The highest BCUT2D eigenvalue weighted by Crippen LogP contribution is 2.20. The van der Waals surface area contributed by atoms with E-state index in [9.17, 15) is 10.1 Å². The lowest BCUT2D eigenvalue weighted by Crippen LogP contribution is -2.27. The third-order valence-electron chi connectivity index (χ3n) is 3.45. The summed E-state index contributed by atoms with van der Waals surface area (Å²) >= 11 is 0. The van der Waals surface area contributed by atoms with Crippen molar-refractivity contribution in [1.29, 1.82) is 5.26 Å². The zero-order chi connectivity index (χ0) is 16.7. The van der Waals surface area contributed by atoms with Gasteiger partial charge in [-0.2, -0.15) is 5.26 Å². The van der Waals surface area contributed by atoms with E-state index in [2.05, 4.69) is 5.32 Å². The summed E-state index contributed by atoms with van der Waals surface area (Å²) < 4.78 is 5.24. The van der Waals surface area contributed by atoms with Gasteiger partial charge in [0.2, 0.25) is 0 Å². The van der Waals surface area contributed by atoms with Crippen LogP contribution in [-0.2, 0) is 4.79 Å². The van der Waals surface area contributed by atoms with E-state index in [0.29, 0.717) is 11.3 Å². The zero-order valence-electron chi connectivity index (χ0n) is 13.1. The average molecular weight is 306 g/mol. The maximum absolute atomic E-state index is 12.3. The molecule has 0 aliphatic rings. The first-order valence-corrected chi connectivity index (χ1v) is 7.26. The largest absolute Gasteiger partial charge is 0.496 e. The Morgan fingerprint density at radius 3 is 2.48 bits per heavy atom. The van der Waals surface area contributed by atoms with Crippen LogP contribution in [0.4, 0.5) is 0 Å². The Hall–Kier alpha value is -3.06. The van der Waals surface area contributed by atoms with E-state index >= 15 is 0 Å². The van der Waals surface area contributed by atoms with Crippen molar-refractivity contribution in [2.75, 3.05) is 7.11 Å². The molecule has 0 aliphatic carbocycles. The molecule has 1 N–H and O–H groups in total. The van der Waals surface area contributed by atoms with Crippen LogP contribution in [-0.4, -0.2) is 13.0 Å². The summed E-state index contributed by atoms with van der Waals surface area (Å²) in [5, 5.41) is 12.1. The molecule has 4 heteroatoms. The number of methoxy groups -OCH3 is 1. The monoisotopic (exact) mass is 306 g/mol. The van der Waals surface area contributed by atoms with Gasteiger partial charge in [0.1, 0.15) is 17.4 Å². The molecule has 0 fully saturated rings. The maximum Gasteiger partial charge on any atom is 0.262 e. The van der Waals surface area contributed by atoms with Gasteiger partial charge < -0.3 is 10.1 Å². The first-order chi connectivity index (χ1) is 11.2. The smallest absolute Gasteiger partial charge is 0.262 e. The van der Waals surface area contributed by atoms with Crippen LogP contribution in [0.3, 0.4) is 0 Å². The van der Waals surface area contributed by atoms with Crippen LogP contribution >= 0.6 is 0 Å². The lowest BCUT2D eigenvalue weighted by Gasteiger charge is -2.14. The highest BCUT2D eigenvalue weighted by molar-refractivity contribution is 6.02. The van der Waals surface area contributed by atoms with Gasteiger partial charge in [-0.15, -0.1) is 0 Å². The van der Waals surface area contributed by atoms with Gasteiger partial charge in [0, 0.05) is 5.56 Å². The first kappa shape index (κ1) is 16.3. The lowest BCUT2D eigenvalue weighted by atomic mass is 10.1. The molecule has 23 heavy (non-hydrogen) atoms. The van der Waals surface area contributed by atoms with Crippen molar-refractivity contribution in [3.63, 3.8) is 0 Å². The van der Waals surface area contributed by atoms with Crippen LogP contribution in [0.25, 0.3) is 6.08 Å². The van der Waals surface area contributed by atoms with Gasteiger partial charge in [0.15, 0.2) is 0 Å². The second-order valence-corrected chi connectivity index (χ2v) is 5.02. The predicted molar refractivity (Wildman–Crippen MR) is 89.6 cm³/mol. The van der Waals surface area contributed by atoms with Crippen molar-refractivity contribution in [3.05, 3.63) is 71.3 Å². The van der Waals surface area contributed by atoms with E-state index in [-0.39, 0.29) is 11.6 Å². The van der Waals surface area contributed by atoms with Crippen LogP contribution < -0.4 is 10.1 Å². The first-order valence-electron chi connectivity index (χ1n) is 7.26. The number of ether oxygens (including phenoxy) is 1. The Kier molecular flexibility index (Phi) is 5.54. The van der Waals surface area contributed by atoms with Gasteiger partial charge in [-0.3, -0.25) is 4.79 Å². The van der Waals surface area contributed by atoms with E-state index in [1.807, 2.05) is 55.5 Å². The molecular weight excluding hydrogens is 288 g/mol. The number of carbonyl (C=O) groups excluding carboxylic acids is 1. The van der Waals surface area contributed by atoms with Crippen molar-refractivity contribution in [1.82, 2.24) is 5.32 Å². The molecule has 116 valence electrons. The van der Waals surface area contributed by atoms with E-state index < -0.39 is 5.91 Å². The van der Waals surface area contributed by atoms with Gasteiger partial charge in [0.05, 0.1) is 13.2 Å². The molecule has 0 aromatic heterocycles. The number of amides is 1. The fourth-order valence-electron chi connectivity index (χ4n) is 2.19. The van der Waals surface area contributed by atoms with Crippen LogP contribution in [0.1, 0.15) is 24.1 Å². The topological polar surface area (TPSA) is 62.1 Å². The molecule has 0 saturated heterocycles. The van der Waals surface area contributed by atoms with E-state index in [4.69, 9.17) is 4.74 Å². The molecular formula is C19H18N2O2. The molecule has 1 amide bonds. The van der Waals surface area contributed by atoms with Gasteiger partial charge in [-0.25, -0.2) is 0 Å². The third kappa shape index (κ3) is 4.21. The summed E-state index contributed by atoms with van der Waals surface area (Å²) in [5.74, 6) is 0.207. The SMILES string of the molecule is COc1ccccc1/C=C(\C#N)C(=O)NC(C)c1ccccc1. The molecule has 0 bridgehead atoms. The van der Waals surface area contributed by atoms with Crippen LogP contribution in [0.15, 0.2) is 60.2 Å². The van der Waals surface area contributed by atoms with Crippen molar-refractivity contribution < 1.29 is 9.53 Å². The van der Waals surface area contributed by atoms with Gasteiger partial charge >= 0.3 is 0 Å². The molecule has 2 aromatic rings. The standard InChI is InChI=1S/C19H18N2O2/c1-14(15-8-4-3-5-9-15)21-19(22)17(13-20)12-16-10-6-7-11-18(16)23-2/h3-12,14H,1-2H3,(H,21,22)/b17-12+. The number of hydrogen-bond acceptors (Lipinski definition) is 3. The minimum atomic E-state index is -0.408. The summed E-state index contributed by atoms with van der Waals surface area (Å²) in [6.07, 6.45) is 1.53. The van der Waals surface area contributed by atoms with Crippen molar-refractivity contribution >= 4 is 12.0 Å². The van der Waals surface area contributed by atoms with Crippen LogP contribution in [0, 0.1) is 11.3 Å². The predicted octanol–water partition coefficient (Wildman–Crippen LogP) is 3.48. The number of benzene rings is 2. The van der Waals surface area contributed by atoms with Gasteiger partial charge in [0.25, 0.3) is 5.91 Å². The maximum atomic E-state index is 12.3. The van der Waals surface area contributed by atoms with E-state index in [1.54, 1.807) is 19.2 Å². The number of para-hydroxylation sites is 1. The molecule has 1 unspecified atom stereocenters. The second-order valence-electron chi connectivity index (χ2n) is 5.02. The van der Waals surface area contributed by atoms with Gasteiger partial charge in [-0.05, 0) is 24.6 Å². The summed E-state index contributed by atoms with van der Waals surface area (Å²) in [5.41, 5.74) is 1.71. The van der Waals surface area contributed by atoms with Crippen LogP contribution in [0.5, 0.6) is 5.75 Å². The highest BCUT2D eigenvalue weighted by atomic mass is 16.5. The highest BCUT2D eigenvalue weighted by Gasteiger charge is 2.14. The minimum absolute atomic E-state index is 0.0391. The number of hydrogen-bond donors (Lipinski definition) is 1. The van der Waals surface area contributed by atoms with Crippen molar-refractivity contribution in [3.8, 4) is 11.8 Å². The van der Waals surface area contributed by atoms with Crippen LogP contribution in [0.2, 0.25) is 0 Å². The fourth-order valence-corrected chi connectivity index (χ4v) is 2.19. The molecule has 4 nitrogen and oxygen atoms in total. The molecule has 0 saturated carbocycles. The zero-order valence-corrected chi connectivity index (χ0v) is 13.1. The van der Waals surface area contributed by atoms with Crippen molar-refractivity contribution in [2.24, 2.45) is 0 Å². The number of nitrogens with one attached hydrogen (secondary N) is 1. The molecule has 2 rings (SSSR count). The quantitative estimate of drug-likeness (QED) is 0.679. The Labute approximate surface area is 136 Å². The second kappa shape index (κ2) is 7.81. The van der Waals surface area contributed by atoms with E-state index in [1.165, 1.54) is 6.08 Å². The molecule has 2 aromatic carbocycles. The summed E-state index contributed by atoms with van der Waals surface area (Å²) in [7, 11) is 1.55. The Bertz CT molecular complexity index is 745. The lowest BCUT2D eigenvalue weighted by molar-refractivity contribution is -0.117. The fraction of sp³-hybridized carbons (Fsp3) is 0.158. The number of rotatable bonds is 5. The summed E-state index contributed by atoms with van der Waals surface area (Å²) in [4.78, 5) is 12.3. The molecule has 0 radical (unpaired) electrons. The van der Waals surface area contributed by atoms with Crippen molar-refractivity contribution in [2.45, 2.75) is 13.0 Å². The number of nitriles is 1. The summed E-state index contributed by atoms with van der Waals surface area (Å²) in [6.45, 7) is 1.88. The molecule has 0 aliphatic heterocycles. The normalized spacial score (nSPS) is 12.1. The third-order valence-corrected chi connectivity index (χ3v) is 3.45. The number of carbonyl (C=O) groups is 1. The average Bonchev–Trinajstić information content (AvgIpc) is 2.60. The van der Waals surface area contributed by atoms with E-state index in [0.717, 1.165) is 5.56 Å². The molecule has 0 spiro atoms. The Balaban J connectivity index is 2.19.